The second-order valence-corrected chi connectivity index (χ2v) is 9.09. The van der Waals surface area contributed by atoms with E-state index in [0.29, 0.717) is 25.3 Å². The third-order valence-electron chi connectivity index (χ3n) is 5.05. The van der Waals surface area contributed by atoms with Crippen molar-refractivity contribution in [3.05, 3.63) is 51.5 Å². The molecule has 0 bridgehead atoms. The molecule has 0 amide bonds. The van der Waals surface area contributed by atoms with Crippen molar-refractivity contribution in [1.29, 1.82) is 0 Å². The maximum atomic E-state index is 5.83. The van der Waals surface area contributed by atoms with Crippen LogP contribution in [-0.4, -0.2) is 47.7 Å². The summed E-state index contributed by atoms with van der Waals surface area (Å²) in [7, 11) is 0. The number of aromatic nitrogens is 1. The molecule has 0 spiro atoms. The molecule has 1 saturated heterocycles. The Balaban J connectivity index is 0.00000341. The van der Waals surface area contributed by atoms with E-state index in [1.807, 2.05) is 6.20 Å². The zero-order valence-electron chi connectivity index (χ0n) is 19.1. The number of thiazole rings is 1. The molecule has 172 valence electrons. The molecule has 0 saturated carbocycles. The van der Waals surface area contributed by atoms with Crippen LogP contribution in [0.4, 0.5) is 0 Å². The molecule has 0 radical (unpaired) electrons. The molecule has 8 heteroatoms. The number of morpholine rings is 1. The van der Waals surface area contributed by atoms with E-state index in [1.54, 1.807) is 11.3 Å². The molecule has 31 heavy (non-hydrogen) atoms. The number of aryl methyl sites for hydroxylation is 1. The van der Waals surface area contributed by atoms with Crippen LogP contribution in [-0.2, 0) is 30.8 Å². The number of benzene rings is 1. The molecule has 1 aromatic heterocycles. The van der Waals surface area contributed by atoms with Crippen molar-refractivity contribution in [2.45, 2.75) is 66.0 Å². The maximum Gasteiger partial charge on any atom is 0.191 e. The van der Waals surface area contributed by atoms with Crippen LogP contribution in [0.15, 0.2) is 35.5 Å². The third-order valence-corrected chi connectivity index (χ3v) is 6.19. The highest BCUT2D eigenvalue weighted by Crippen LogP contribution is 2.15. The van der Waals surface area contributed by atoms with Crippen LogP contribution in [0.3, 0.4) is 0 Å². The number of guanidine groups is 1. The van der Waals surface area contributed by atoms with Gasteiger partial charge in [-0.2, -0.15) is 0 Å². The first-order valence-electron chi connectivity index (χ1n) is 11.0. The number of rotatable bonds is 8. The van der Waals surface area contributed by atoms with E-state index in [4.69, 9.17) is 9.73 Å². The van der Waals surface area contributed by atoms with Crippen molar-refractivity contribution in [2.24, 2.45) is 4.99 Å². The molecule has 3 rings (SSSR count). The normalized spacial score (nSPS) is 19.7. The topological polar surface area (TPSA) is 61.8 Å². The molecule has 2 unspecified atom stereocenters. The summed E-state index contributed by atoms with van der Waals surface area (Å²) in [6.07, 6.45) is 3.60. The van der Waals surface area contributed by atoms with Crippen LogP contribution in [0.1, 0.15) is 48.7 Å². The quantitative estimate of drug-likeness (QED) is 0.290. The Morgan fingerprint density at radius 3 is 2.42 bits per heavy atom. The minimum Gasteiger partial charge on any atom is -0.373 e. The van der Waals surface area contributed by atoms with E-state index in [1.165, 1.54) is 16.0 Å². The van der Waals surface area contributed by atoms with Gasteiger partial charge in [0.05, 0.1) is 25.3 Å². The highest BCUT2D eigenvalue weighted by Gasteiger charge is 2.21. The van der Waals surface area contributed by atoms with E-state index >= 15 is 0 Å². The van der Waals surface area contributed by atoms with Crippen molar-refractivity contribution in [3.63, 3.8) is 0 Å². The van der Waals surface area contributed by atoms with Crippen LogP contribution in [0.25, 0.3) is 0 Å². The number of ether oxygens (including phenoxy) is 1. The molecule has 2 aromatic rings. The first-order valence-corrected chi connectivity index (χ1v) is 11.8. The lowest BCUT2D eigenvalue weighted by Gasteiger charge is -2.35. The van der Waals surface area contributed by atoms with Crippen LogP contribution in [0.5, 0.6) is 0 Å². The largest absolute Gasteiger partial charge is 0.373 e. The number of nitrogens with zero attached hydrogens (tertiary/aromatic N) is 3. The van der Waals surface area contributed by atoms with Crippen molar-refractivity contribution < 1.29 is 4.74 Å². The lowest BCUT2D eigenvalue weighted by molar-refractivity contribution is -0.0704. The zero-order valence-corrected chi connectivity index (χ0v) is 22.2. The molecule has 1 aliphatic rings. The van der Waals surface area contributed by atoms with Crippen LogP contribution in [0.2, 0.25) is 0 Å². The Hall–Kier alpha value is -1.23. The molecule has 6 nitrogen and oxygen atoms in total. The second kappa shape index (κ2) is 13.3. The molecule has 2 heterocycles. The second-order valence-electron chi connectivity index (χ2n) is 7.89. The van der Waals surface area contributed by atoms with Gasteiger partial charge in [-0.1, -0.05) is 31.2 Å². The van der Waals surface area contributed by atoms with E-state index in [0.717, 1.165) is 43.6 Å². The van der Waals surface area contributed by atoms with Gasteiger partial charge in [0.25, 0.3) is 0 Å². The minimum absolute atomic E-state index is 0. The van der Waals surface area contributed by atoms with Crippen LogP contribution in [0, 0.1) is 0 Å². The van der Waals surface area contributed by atoms with Gasteiger partial charge in [0.1, 0.15) is 5.01 Å². The number of hydrogen-bond donors (Lipinski definition) is 2. The van der Waals surface area contributed by atoms with Gasteiger partial charge in [0, 0.05) is 37.3 Å². The van der Waals surface area contributed by atoms with Gasteiger partial charge in [0.15, 0.2) is 5.96 Å². The summed E-state index contributed by atoms with van der Waals surface area (Å²) in [5.74, 6) is 0.825. The average molecular weight is 558 g/mol. The maximum absolute atomic E-state index is 5.83. The fourth-order valence-corrected chi connectivity index (χ4v) is 4.49. The van der Waals surface area contributed by atoms with Crippen molar-refractivity contribution in [2.75, 3.05) is 19.6 Å². The summed E-state index contributed by atoms with van der Waals surface area (Å²) >= 11 is 1.76. The van der Waals surface area contributed by atoms with Gasteiger partial charge in [-0.05, 0) is 38.3 Å². The molecule has 2 atom stereocenters. The summed E-state index contributed by atoms with van der Waals surface area (Å²) in [5, 5.41) is 7.79. The van der Waals surface area contributed by atoms with E-state index in [-0.39, 0.29) is 24.0 Å². The third kappa shape index (κ3) is 8.67. The molecule has 1 aromatic carbocycles. The SMILES string of the molecule is CCNC(=NCc1ccc(CN2CC(C)OC(C)C2)cc1)NCc1ncc(CC)s1.I. The van der Waals surface area contributed by atoms with E-state index in [9.17, 15) is 0 Å². The standard InChI is InChI=1S/C23H35N5OS.HI/c1-5-21-12-25-22(30-21)13-27-23(24-6-2)26-11-19-7-9-20(10-8-19)16-28-14-17(3)29-18(4)15-28;/h7-10,12,17-18H,5-6,11,13-16H2,1-4H3,(H2,24,26,27);1H. The fraction of sp³-hybridized carbons (Fsp3) is 0.565. The van der Waals surface area contributed by atoms with Gasteiger partial charge >= 0.3 is 0 Å². The Kier molecular flexibility index (Phi) is 11.2. The summed E-state index contributed by atoms with van der Waals surface area (Å²) in [5.41, 5.74) is 2.55. The molecule has 1 fully saturated rings. The summed E-state index contributed by atoms with van der Waals surface area (Å²) < 4.78 is 5.83. The predicted molar refractivity (Wildman–Crippen MR) is 140 cm³/mol. The van der Waals surface area contributed by atoms with Crippen molar-refractivity contribution in [1.82, 2.24) is 20.5 Å². The highest BCUT2D eigenvalue weighted by atomic mass is 127. The van der Waals surface area contributed by atoms with Gasteiger partial charge in [0.2, 0.25) is 0 Å². The molecular formula is C23H36IN5OS. The molecule has 0 aliphatic carbocycles. The summed E-state index contributed by atoms with van der Waals surface area (Å²) in [6.45, 7) is 13.7. The smallest absolute Gasteiger partial charge is 0.191 e. The number of aliphatic imine (C=N–C) groups is 1. The van der Waals surface area contributed by atoms with E-state index in [2.05, 4.69) is 72.5 Å². The van der Waals surface area contributed by atoms with Gasteiger partial charge < -0.3 is 15.4 Å². The Bertz CT molecular complexity index is 801. The van der Waals surface area contributed by atoms with Crippen LogP contribution < -0.4 is 10.6 Å². The van der Waals surface area contributed by atoms with Gasteiger partial charge in [-0.3, -0.25) is 4.90 Å². The number of hydrogen-bond acceptors (Lipinski definition) is 5. The minimum atomic E-state index is 0. The first-order chi connectivity index (χ1) is 14.6. The fourth-order valence-electron chi connectivity index (χ4n) is 3.69. The van der Waals surface area contributed by atoms with Gasteiger partial charge in [-0.25, -0.2) is 9.98 Å². The van der Waals surface area contributed by atoms with Crippen LogP contribution >= 0.6 is 35.3 Å². The highest BCUT2D eigenvalue weighted by molar-refractivity contribution is 14.0. The summed E-state index contributed by atoms with van der Waals surface area (Å²) in [6, 6.07) is 8.81. The molecule has 2 N–H and O–H groups in total. The first kappa shape index (κ1) is 26.0. The molecular weight excluding hydrogens is 521 g/mol. The number of nitrogens with one attached hydrogen (secondary N) is 2. The Morgan fingerprint density at radius 2 is 1.81 bits per heavy atom. The zero-order chi connectivity index (χ0) is 21.3. The van der Waals surface area contributed by atoms with Crippen molar-refractivity contribution in [3.8, 4) is 0 Å². The van der Waals surface area contributed by atoms with E-state index < -0.39 is 0 Å². The lowest BCUT2D eigenvalue weighted by atomic mass is 10.1. The molecule has 1 aliphatic heterocycles. The lowest BCUT2D eigenvalue weighted by Crippen LogP contribution is -2.44. The predicted octanol–water partition coefficient (Wildman–Crippen LogP) is 4.19. The number of halogens is 1. The van der Waals surface area contributed by atoms with Gasteiger partial charge in [-0.15, -0.1) is 35.3 Å². The Labute approximate surface area is 207 Å². The Morgan fingerprint density at radius 1 is 1.13 bits per heavy atom. The summed E-state index contributed by atoms with van der Waals surface area (Å²) in [4.78, 5) is 13.0. The monoisotopic (exact) mass is 557 g/mol. The van der Waals surface area contributed by atoms with Crippen molar-refractivity contribution >= 4 is 41.3 Å². The average Bonchev–Trinajstić information content (AvgIpc) is 3.18.